The molecule has 1 saturated carbocycles. The van der Waals surface area contributed by atoms with E-state index in [4.69, 9.17) is 10.5 Å². The van der Waals surface area contributed by atoms with Crippen molar-refractivity contribution < 1.29 is 9.13 Å². The van der Waals surface area contributed by atoms with Crippen molar-refractivity contribution in [2.75, 3.05) is 25.1 Å². The van der Waals surface area contributed by atoms with Gasteiger partial charge >= 0.3 is 5.69 Å². The molecule has 8 heteroatoms. The molecule has 2 fully saturated rings. The molecule has 0 amide bonds. The zero-order valence-electron chi connectivity index (χ0n) is 14.9. The highest BCUT2D eigenvalue weighted by Crippen LogP contribution is 2.45. The topological polar surface area (TPSA) is 92.8 Å². The number of ether oxygens (including phenoxy) is 1. The number of rotatable bonds is 4. The Bertz CT molecular complexity index is 977. The number of fused-ring (bicyclic) bond motifs is 1. The van der Waals surface area contributed by atoms with Crippen molar-refractivity contribution in [3.63, 3.8) is 0 Å². The summed E-state index contributed by atoms with van der Waals surface area (Å²) in [6.45, 7) is 3.22. The fourth-order valence-electron chi connectivity index (χ4n) is 3.97. The Morgan fingerprint density at radius 1 is 1.35 bits per heavy atom. The smallest absolute Gasteiger partial charge is 0.333 e. The van der Waals surface area contributed by atoms with Crippen molar-refractivity contribution in [3.8, 4) is 5.75 Å². The van der Waals surface area contributed by atoms with Gasteiger partial charge < -0.3 is 15.4 Å². The number of aromatic nitrogens is 2. The van der Waals surface area contributed by atoms with E-state index >= 15 is 0 Å². The predicted molar refractivity (Wildman–Crippen MR) is 96.7 cm³/mol. The molecule has 1 aliphatic carbocycles. The zero-order chi connectivity index (χ0) is 18.6. The summed E-state index contributed by atoms with van der Waals surface area (Å²) in [7, 11) is 1.44. The van der Waals surface area contributed by atoms with E-state index in [0.29, 0.717) is 29.9 Å². The van der Waals surface area contributed by atoms with Gasteiger partial charge in [0.15, 0.2) is 11.6 Å². The maximum Gasteiger partial charge on any atom is 0.333 e. The summed E-state index contributed by atoms with van der Waals surface area (Å²) in [5.41, 5.74) is 6.13. The van der Waals surface area contributed by atoms with E-state index in [-0.39, 0.29) is 23.6 Å². The second-order valence-corrected chi connectivity index (χ2v) is 7.38. The molecular weight excluding hydrogens is 339 g/mol. The summed E-state index contributed by atoms with van der Waals surface area (Å²) in [5, 5.41) is 0. The number of aromatic amines is 1. The number of H-pyrrole nitrogens is 1. The predicted octanol–water partition coefficient (Wildman–Crippen LogP) is 1.19. The summed E-state index contributed by atoms with van der Waals surface area (Å²) in [6.07, 6.45) is 3.77. The van der Waals surface area contributed by atoms with Crippen molar-refractivity contribution >= 4 is 11.2 Å². The van der Waals surface area contributed by atoms with Crippen LogP contribution < -0.4 is 26.6 Å². The first-order valence-electron chi connectivity index (χ1n) is 8.98. The van der Waals surface area contributed by atoms with Crippen molar-refractivity contribution in [1.29, 1.82) is 0 Å². The molecule has 1 aliphatic heterocycles. The number of methoxy groups -OCH3 is 1. The number of nitrogens with one attached hydrogen (secondary N) is 1. The van der Waals surface area contributed by atoms with Gasteiger partial charge in [-0.25, -0.2) is 9.18 Å². The second-order valence-electron chi connectivity index (χ2n) is 7.38. The molecule has 3 heterocycles. The van der Waals surface area contributed by atoms with E-state index in [1.807, 2.05) is 11.8 Å². The van der Waals surface area contributed by atoms with E-state index in [1.165, 1.54) is 7.11 Å². The van der Waals surface area contributed by atoms with Gasteiger partial charge in [-0.3, -0.25) is 14.2 Å². The van der Waals surface area contributed by atoms with Crippen LogP contribution in [0.15, 0.2) is 15.8 Å². The lowest BCUT2D eigenvalue weighted by Crippen LogP contribution is -2.32. The molecule has 0 radical (unpaired) electrons. The van der Waals surface area contributed by atoms with Crippen molar-refractivity contribution in [2.45, 2.75) is 38.1 Å². The van der Waals surface area contributed by atoms with Gasteiger partial charge in [-0.1, -0.05) is 0 Å². The molecule has 3 N–H and O–H groups in total. The van der Waals surface area contributed by atoms with Crippen LogP contribution in [0.25, 0.3) is 5.52 Å². The molecule has 2 unspecified atom stereocenters. The number of nitrogens with two attached hydrogens (primary N) is 1. The number of nitrogens with zero attached hydrogens (tertiary/aromatic N) is 2. The molecule has 0 spiro atoms. The van der Waals surface area contributed by atoms with Crippen LogP contribution in [0, 0.1) is 11.7 Å². The molecular formula is C18H23FN4O3. The third-order valence-corrected chi connectivity index (χ3v) is 5.55. The summed E-state index contributed by atoms with van der Waals surface area (Å²) in [6, 6.07) is 0.0157. The molecule has 2 aromatic heterocycles. The minimum Gasteiger partial charge on any atom is -0.492 e. The second kappa shape index (κ2) is 6.12. The SMILES string of the molecule is COc1c(N2CCC(C(C)N)C2)c(F)cn2c(=O)[nH]c(=O)c(C3CC3)c12. The van der Waals surface area contributed by atoms with Gasteiger partial charge in [-0.2, -0.15) is 0 Å². The van der Waals surface area contributed by atoms with Crippen molar-refractivity contribution in [3.05, 3.63) is 38.4 Å². The minimum atomic E-state index is -0.659. The maximum atomic E-state index is 15.0. The first kappa shape index (κ1) is 17.1. The van der Waals surface area contributed by atoms with Crippen molar-refractivity contribution in [1.82, 2.24) is 9.38 Å². The number of halogens is 1. The molecule has 0 aromatic carbocycles. The Morgan fingerprint density at radius 3 is 2.65 bits per heavy atom. The Morgan fingerprint density at radius 2 is 2.08 bits per heavy atom. The fraction of sp³-hybridized carbons (Fsp3) is 0.556. The monoisotopic (exact) mass is 362 g/mol. The lowest BCUT2D eigenvalue weighted by Gasteiger charge is -2.24. The van der Waals surface area contributed by atoms with E-state index in [0.717, 1.165) is 29.9 Å². The third-order valence-electron chi connectivity index (χ3n) is 5.55. The first-order valence-corrected chi connectivity index (χ1v) is 8.98. The number of pyridine rings is 1. The van der Waals surface area contributed by atoms with E-state index < -0.39 is 17.1 Å². The lowest BCUT2D eigenvalue weighted by molar-refractivity contribution is 0.412. The number of hydrogen-bond acceptors (Lipinski definition) is 5. The van der Waals surface area contributed by atoms with Gasteiger partial charge in [0.05, 0.1) is 13.3 Å². The highest BCUT2D eigenvalue weighted by atomic mass is 19.1. The average molecular weight is 362 g/mol. The Kier molecular flexibility index (Phi) is 4.02. The van der Waals surface area contributed by atoms with Crippen LogP contribution in [0.3, 0.4) is 0 Å². The summed E-state index contributed by atoms with van der Waals surface area (Å²) in [4.78, 5) is 28.9. The van der Waals surface area contributed by atoms with Crippen LogP contribution >= 0.6 is 0 Å². The maximum absolute atomic E-state index is 15.0. The quantitative estimate of drug-likeness (QED) is 0.852. The normalized spacial score (nSPS) is 21.4. The van der Waals surface area contributed by atoms with Crippen LogP contribution in [0.1, 0.15) is 37.7 Å². The molecule has 26 heavy (non-hydrogen) atoms. The molecule has 0 bridgehead atoms. The Labute approximate surface area is 149 Å². The molecule has 7 nitrogen and oxygen atoms in total. The highest BCUT2D eigenvalue weighted by Gasteiger charge is 2.34. The molecule has 2 aliphatic rings. The van der Waals surface area contributed by atoms with Gasteiger partial charge in [0.2, 0.25) is 0 Å². The van der Waals surface area contributed by atoms with Gasteiger partial charge in [0, 0.05) is 24.7 Å². The van der Waals surface area contributed by atoms with E-state index in [2.05, 4.69) is 4.98 Å². The summed E-state index contributed by atoms with van der Waals surface area (Å²) >= 11 is 0. The van der Waals surface area contributed by atoms with Crippen LogP contribution in [0.5, 0.6) is 5.75 Å². The van der Waals surface area contributed by atoms with E-state index in [1.54, 1.807) is 0 Å². The first-order chi connectivity index (χ1) is 12.4. The highest BCUT2D eigenvalue weighted by molar-refractivity contribution is 5.78. The summed E-state index contributed by atoms with van der Waals surface area (Å²) in [5.74, 6) is 0.0487. The van der Waals surface area contributed by atoms with Gasteiger partial charge in [0.25, 0.3) is 5.56 Å². The molecule has 2 atom stereocenters. The molecule has 140 valence electrons. The molecule has 2 aromatic rings. The Hall–Kier alpha value is -2.35. The van der Waals surface area contributed by atoms with Crippen LogP contribution in [-0.4, -0.2) is 35.6 Å². The number of anilines is 1. The average Bonchev–Trinajstić information content (AvgIpc) is 3.29. The van der Waals surface area contributed by atoms with E-state index in [9.17, 15) is 14.0 Å². The lowest BCUT2D eigenvalue weighted by atomic mass is 10.0. The largest absolute Gasteiger partial charge is 0.492 e. The van der Waals surface area contributed by atoms with Gasteiger partial charge in [-0.15, -0.1) is 0 Å². The third kappa shape index (κ3) is 2.59. The van der Waals surface area contributed by atoms with Crippen LogP contribution in [0.4, 0.5) is 10.1 Å². The zero-order valence-corrected chi connectivity index (χ0v) is 14.9. The fourth-order valence-corrected chi connectivity index (χ4v) is 3.97. The molecule has 4 rings (SSSR count). The molecule has 1 saturated heterocycles. The van der Waals surface area contributed by atoms with Crippen LogP contribution in [-0.2, 0) is 0 Å². The standard InChI is InChI=1S/C18H23FN4O3/c1-9(20)11-5-6-22(7-11)14-12(19)8-23-15(16(14)26-2)13(10-3-4-10)17(24)21-18(23)25/h8-11H,3-7,20H2,1-2H3,(H,21,24,25). The van der Waals surface area contributed by atoms with Gasteiger partial charge in [-0.05, 0) is 38.0 Å². The van der Waals surface area contributed by atoms with Gasteiger partial charge in [0.1, 0.15) is 11.2 Å². The van der Waals surface area contributed by atoms with Crippen molar-refractivity contribution in [2.24, 2.45) is 11.7 Å². The number of hydrogen-bond donors (Lipinski definition) is 2. The van der Waals surface area contributed by atoms with Crippen LogP contribution in [0.2, 0.25) is 0 Å². The minimum absolute atomic E-state index is 0.0157. The Balaban J connectivity index is 1.97. The summed E-state index contributed by atoms with van der Waals surface area (Å²) < 4.78 is 21.7.